The summed E-state index contributed by atoms with van der Waals surface area (Å²) in [6.45, 7) is 5.78. The second-order valence-electron chi connectivity index (χ2n) is 4.48. The SMILES string of the molecule is CC(C)(C)C(=O)C(N)C1CC1. The molecule has 0 aliphatic heterocycles. The fourth-order valence-corrected chi connectivity index (χ4v) is 1.17. The van der Waals surface area contributed by atoms with E-state index in [1.165, 1.54) is 0 Å². The van der Waals surface area contributed by atoms with E-state index < -0.39 is 0 Å². The molecule has 1 rings (SSSR count). The van der Waals surface area contributed by atoms with Gasteiger partial charge >= 0.3 is 0 Å². The largest absolute Gasteiger partial charge is 0.321 e. The molecule has 0 aromatic carbocycles. The van der Waals surface area contributed by atoms with Crippen molar-refractivity contribution in [3.63, 3.8) is 0 Å². The van der Waals surface area contributed by atoms with Crippen LogP contribution >= 0.6 is 0 Å². The third-order valence-electron chi connectivity index (χ3n) is 2.17. The average molecular weight is 155 g/mol. The van der Waals surface area contributed by atoms with Crippen LogP contribution in [0.4, 0.5) is 0 Å². The van der Waals surface area contributed by atoms with Gasteiger partial charge in [-0.2, -0.15) is 0 Å². The van der Waals surface area contributed by atoms with Crippen LogP contribution in [0.5, 0.6) is 0 Å². The molecule has 11 heavy (non-hydrogen) atoms. The Kier molecular flexibility index (Phi) is 2.06. The second-order valence-corrected chi connectivity index (χ2v) is 4.48. The molecule has 1 aliphatic rings. The van der Waals surface area contributed by atoms with E-state index in [0.717, 1.165) is 12.8 Å². The zero-order valence-electron chi connectivity index (χ0n) is 7.55. The van der Waals surface area contributed by atoms with Crippen molar-refractivity contribution < 1.29 is 4.79 Å². The van der Waals surface area contributed by atoms with E-state index in [9.17, 15) is 4.79 Å². The summed E-state index contributed by atoms with van der Waals surface area (Å²) in [5.41, 5.74) is 5.50. The van der Waals surface area contributed by atoms with Crippen molar-refractivity contribution in [1.82, 2.24) is 0 Å². The van der Waals surface area contributed by atoms with Crippen LogP contribution in [0, 0.1) is 11.3 Å². The molecule has 2 nitrogen and oxygen atoms in total. The number of carbonyl (C=O) groups is 1. The minimum absolute atomic E-state index is 0.199. The van der Waals surface area contributed by atoms with Gasteiger partial charge in [0.25, 0.3) is 0 Å². The van der Waals surface area contributed by atoms with Crippen LogP contribution in [-0.2, 0) is 4.79 Å². The van der Waals surface area contributed by atoms with Gasteiger partial charge in [0, 0.05) is 5.41 Å². The third kappa shape index (κ3) is 2.03. The van der Waals surface area contributed by atoms with E-state index in [2.05, 4.69) is 0 Å². The molecule has 64 valence electrons. The second kappa shape index (κ2) is 2.59. The van der Waals surface area contributed by atoms with Gasteiger partial charge in [0.15, 0.2) is 5.78 Å². The predicted octanol–water partition coefficient (Wildman–Crippen LogP) is 1.34. The lowest BCUT2D eigenvalue weighted by Gasteiger charge is -2.21. The number of hydrogen-bond acceptors (Lipinski definition) is 2. The minimum Gasteiger partial charge on any atom is -0.321 e. The first-order valence-electron chi connectivity index (χ1n) is 4.23. The van der Waals surface area contributed by atoms with E-state index in [4.69, 9.17) is 5.73 Å². The van der Waals surface area contributed by atoms with Crippen molar-refractivity contribution in [2.24, 2.45) is 17.1 Å². The first-order valence-corrected chi connectivity index (χ1v) is 4.23. The Labute approximate surface area is 68.2 Å². The van der Waals surface area contributed by atoms with Gasteiger partial charge in [-0.1, -0.05) is 20.8 Å². The van der Waals surface area contributed by atoms with Gasteiger partial charge in [-0.05, 0) is 18.8 Å². The molecule has 0 amide bonds. The number of Topliss-reactive ketones (excluding diaryl/α,β-unsaturated/α-hetero) is 1. The molecule has 0 bridgehead atoms. The predicted molar refractivity (Wildman–Crippen MR) is 45.2 cm³/mol. The topological polar surface area (TPSA) is 43.1 Å². The zero-order chi connectivity index (χ0) is 8.65. The lowest BCUT2D eigenvalue weighted by atomic mass is 9.85. The molecular formula is C9H17NO. The van der Waals surface area contributed by atoms with E-state index >= 15 is 0 Å². The van der Waals surface area contributed by atoms with Crippen LogP contribution in [0.25, 0.3) is 0 Å². The maximum Gasteiger partial charge on any atom is 0.155 e. The molecule has 0 aromatic rings. The molecule has 0 spiro atoms. The van der Waals surface area contributed by atoms with Crippen LogP contribution < -0.4 is 5.73 Å². The molecule has 1 atom stereocenters. The maximum absolute atomic E-state index is 11.5. The smallest absolute Gasteiger partial charge is 0.155 e. The lowest BCUT2D eigenvalue weighted by molar-refractivity contribution is -0.128. The molecule has 0 radical (unpaired) electrons. The van der Waals surface area contributed by atoms with Gasteiger partial charge in [0.2, 0.25) is 0 Å². The highest BCUT2D eigenvalue weighted by Crippen LogP contribution is 2.34. The van der Waals surface area contributed by atoms with Crippen molar-refractivity contribution in [3.05, 3.63) is 0 Å². The van der Waals surface area contributed by atoms with Gasteiger partial charge in [-0.15, -0.1) is 0 Å². The third-order valence-corrected chi connectivity index (χ3v) is 2.17. The summed E-state index contributed by atoms with van der Waals surface area (Å²) in [4.78, 5) is 11.5. The number of rotatable bonds is 2. The molecule has 0 saturated heterocycles. The first-order chi connectivity index (χ1) is 4.93. The summed E-state index contributed by atoms with van der Waals surface area (Å²) in [5.74, 6) is 0.696. The van der Waals surface area contributed by atoms with Crippen LogP contribution in [0.1, 0.15) is 33.6 Å². The highest BCUT2D eigenvalue weighted by atomic mass is 16.1. The molecular weight excluding hydrogens is 138 g/mol. The molecule has 0 aromatic heterocycles. The molecule has 1 aliphatic carbocycles. The maximum atomic E-state index is 11.5. The monoisotopic (exact) mass is 155 g/mol. The first kappa shape index (κ1) is 8.72. The average Bonchev–Trinajstić information content (AvgIpc) is 2.63. The highest BCUT2D eigenvalue weighted by molar-refractivity contribution is 5.89. The van der Waals surface area contributed by atoms with Crippen molar-refractivity contribution in [3.8, 4) is 0 Å². The summed E-state index contributed by atoms with van der Waals surface area (Å²) in [6, 6.07) is -0.199. The fraction of sp³-hybridized carbons (Fsp3) is 0.889. The summed E-state index contributed by atoms with van der Waals surface area (Å²) in [6.07, 6.45) is 2.28. The Balaban J connectivity index is 2.52. The summed E-state index contributed by atoms with van der Waals surface area (Å²) in [5, 5.41) is 0. The lowest BCUT2D eigenvalue weighted by Crippen LogP contribution is -2.40. The Morgan fingerprint density at radius 2 is 1.91 bits per heavy atom. The van der Waals surface area contributed by atoms with Gasteiger partial charge < -0.3 is 5.73 Å². The van der Waals surface area contributed by atoms with Crippen LogP contribution in [0.2, 0.25) is 0 Å². The number of carbonyl (C=O) groups excluding carboxylic acids is 1. The zero-order valence-corrected chi connectivity index (χ0v) is 7.55. The summed E-state index contributed by atoms with van der Waals surface area (Å²) in [7, 11) is 0. The Hall–Kier alpha value is -0.370. The normalized spacial score (nSPS) is 21.5. The Morgan fingerprint density at radius 3 is 2.18 bits per heavy atom. The number of hydrogen-bond donors (Lipinski definition) is 1. The van der Waals surface area contributed by atoms with Crippen LogP contribution in [0.15, 0.2) is 0 Å². The van der Waals surface area contributed by atoms with Crippen LogP contribution in [0.3, 0.4) is 0 Å². The highest BCUT2D eigenvalue weighted by Gasteiger charge is 2.37. The summed E-state index contributed by atoms with van der Waals surface area (Å²) >= 11 is 0. The van der Waals surface area contributed by atoms with E-state index in [1.807, 2.05) is 20.8 Å². The fourth-order valence-electron chi connectivity index (χ4n) is 1.17. The number of nitrogens with two attached hydrogens (primary N) is 1. The van der Waals surface area contributed by atoms with Crippen molar-refractivity contribution in [2.45, 2.75) is 39.7 Å². The number of ketones is 1. The van der Waals surface area contributed by atoms with Gasteiger partial charge in [0.05, 0.1) is 6.04 Å². The molecule has 0 heterocycles. The summed E-state index contributed by atoms with van der Waals surface area (Å²) < 4.78 is 0. The van der Waals surface area contributed by atoms with E-state index in [0.29, 0.717) is 5.92 Å². The van der Waals surface area contributed by atoms with E-state index in [-0.39, 0.29) is 17.2 Å². The van der Waals surface area contributed by atoms with Crippen LogP contribution in [-0.4, -0.2) is 11.8 Å². The molecule has 2 heteroatoms. The van der Waals surface area contributed by atoms with Crippen molar-refractivity contribution in [2.75, 3.05) is 0 Å². The Morgan fingerprint density at radius 1 is 1.45 bits per heavy atom. The quantitative estimate of drug-likeness (QED) is 0.654. The van der Waals surface area contributed by atoms with Gasteiger partial charge in [0.1, 0.15) is 0 Å². The van der Waals surface area contributed by atoms with Crippen molar-refractivity contribution in [1.29, 1.82) is 0 Å². The molecule has 1 unspecified atom stereocenters. The van der Waals surface area contributed by atoms with Gasteiger partial charge in [-0.25, -0.2) is 0 Å². The van der Waals surface area contributed by atoms with E-state index in [1.54, 1.807) is 0 Å². The van der Waals surface area contributed by atoms with Crippen molar-refractivity contribution >= 4 is 5.78 Å². The molecule has 1 fully saturated rings. The van der Waals surface area contributed by atoms with Gasteiger partial charge in [-0.3, -0.25) is 4.79 Å². The molecule has 1 saturated carbocycles. The standard InChI is InChI=1S/C9H17NO/c1-9(2,3)8(11)7(10)6-4-5-6/h6-7H,4-5,10H2,1-3H3. The minimum atomic E-state index is -0.262. The Bertz CT molecular complexity index is 165. The molecule has 2 N–H and O–H groups in total.